The Morgan fingerprint density at radius 2 is 1.75 bits per heavy atom. The van der Waals surface area contributed by atoms with Gasteiger partial charge in [0.2, 0.25) is 0 Å². The molecule has 1 unspecified atom stereocenters. The Hall–Kier alpha value is -1.31. The Morgan fingerprint density at radius 3 is 2.40 bits per heavy atom. The van der Waals surface area contributed by atoms with Gasteiger partial charge in [-0.2, -0.15) is 0 Å². The number of halogens is 1. The van der Waals surface area contributed by atoms with Crippen LogP contribution in [-0.2, 0) is 6.42 Å². The van der Waals surface area contributed by atoms with Crippen LogP contribution >= 0.6 is 11.6 Å². The van der Waals surface area contributed by atoms with Crippen LogP contribution in [0.3, 0.4) is 0 Å². The van der Waals surface area contributed by atoms with Gasteiger partial charge in [-0.15, -0.1) is 0 Å². The maximum absolute atomic E-state index is 6.16. The van der Waals surface area contributed by atoms with E-state index in [0.717, 1.165) is 18.0 Å². The lowest BCUT2D eigenvalue weighted by Crippen LogP contribution is -2.23. The Balaban J connectivity index is 2.26. The van der Waals surface area contributed by atoms with E-state index in [-0.39, 0.29) is 0 Å². The van der Waals surface area contributed by atoms with Gasteiger partial charge in [0.1, 0.15) is 0 Å². The third-order valence-corrected chi connectivity index (χ3v) is 3.86. The molecule has 1 nitrogen and oxygen atoms in total. The van der Waals surface area contributed by atoms with Gasteiger partial charge >= 0.3 is 0 Å². The Labute approximate surface area is 127 Å². The molecule has 2 heteroatoms. The van der Waals surface area contributed by atoms with Crippen LogP contribution in [-0.4, -0.2) is 6.54 Å². The van der Waals surface area contributed by atoms with Crippen LogP contribution in [0, 0.1) is 13.8 Å². The normalized spacial score (nSPS) is 12.4. The molecule has 1 atom stereocenters. The van der Waals surface area contributed by atoms with Crippen molar-refractivity contribution >= 4 is 11.6 Å². The third kappa shape index (κ3) is 3.84. The molecule has 0 heterocycles. The second-order valence-electron chi connectivity index (χ2n) is 5.30. The summed E-state index contributed by atoms with van der Waals surface area (Å²) in [6.45, 7) is 7.35. The minimum atomic E-state index is 0.307. The summed E-state index contributed by atoms with van der Waals surface area (Å²) in [4.78, 5) is 0. The Kier molecular flexibility index (Phi) is 5.22. The van der Waals surface area contributed by atoms with Crippen molar-refractivity contribution < 1.29 is 0 Å². The molecule has 2 rings (SSSR count). The fraction of sp³-hybridized carbons (Fsp3) is 0.333. The van der Waals surface area contributed by atoms with E-state index in [4.69, 9.17) is 11.6 Å². The number of nitrogens with one attached hydrogen (secondary N) is 1. The van der Waals surface area contributed by atoms with E-state index >= 15 is 0 Å². The van der Waals surface area contributed by atoms with E-state index in [9.17, 15) is 0 Å². The van der Waals surface area contributed by atoms with Gasteiger partial charge in [-0.25, -0.2) is 0 Å². The summed E-state index contributed by atoms with van der Waals surface area (Å²) < 4.78 is 0. The van der Waals surface area contributed by atoms with E-state index < -0.39 is 0 Å². The molecule has 0 bridgehead atoms. The minimum absolute atomic E-state index is 0.307. The van der Waals surface area contributed by atoms with Gasteiger partial charge in [0.05, 0.1) is 0 Å². The molecule has 0 saturated carbocycles. The molecule has 0 radical (unpaired) electrons. The maximum atomic E-state index is 6.16. The molecule has 1 N–H and O–H groups in total. The molecular formula is C18H22ClN. The molecule has 0 spiro atoms. The summed E-state index contributed by atoms with van der Waals surface area (Å²) in [7, 11) is 0. The SMILES string of the molecule is CCNC(Cc1ccc(C)cc1)c1cc(Cl)ccc1C. The fourth-order valence-electron chi connectivity index (χ4n) is 2.49. The smallest absolute Gasteiger partial charge is 0.0409 e. The molecule has 0 amide bonds. The molecule has 0 saturated heterocycles. The first-order valence-electron chi connectivity index (χ1n) is 7.15. The van der Waals surface area contributed by atoms with Crippen molar-refractivity contribution in [2.75, 3.05) is 6.54 Å². The zero-order chi connectivity index (χ0) is 14.5. The van der Waals surface area contributed by atoms with Crippen LogP contribution < -0.4 is 5.32 Å². The molecule has 0 aliphatic heterocycles. The van der Waals surface area contributed by atoms with Gasteiger partial charge < -0.3 is 5.32 Å². The standard InChI is InChI=1S/C18H22ClN/c1-4-20-18(11-15-8-5-13(2)6-9-15)17-12-16(19)10-7-14(17)3/h5-10,12,18,20H,4,11H2,1-3H3. The first-order chi connectivity index (χ1) is 9.60. The van der Waals surface area contributed by atoms with Crippen LogP contribution in [0.1, 0.15) is 35.2 Å². The third-order valence-electron chi connectivity index (χ3n) is 3.63. The molecular weight excluding hydrogens is 266 g/mol. The number of hydrogen-bond acceptors (Lipinski definition) is 1. The highest BCUT2D eigenvalue weighted by atomic mass is 35.5. The summed E-state index contributed by atoms with van der Waals surface area (Å²) in [6, 6.07) is 15.2. The van der Waals surface area contributed by atoms with Crippen molar-refractivity contribution in [1.82, 2.24) is 5.32 Å². The maximum Gasteiger partial charge on any atom is 0.0409 e. The highest BCUT2D eigenvalue weighted by Gasteiger charge is 2.14. The molecule has 0 aromatic heterocycles. The van der Waals surface area contributed by atoms with Crippen LogP contribution in [0.25, 0.3) is 0 Å². The van der Waals surface area contributed by atoms with Crippen molar-refractivity contribution in [1.29, 1.82) is 0 Å². The lowest BCUT2D eigenvalue weighted by molar-refractivity contribution is 0.547. The fourth-order valence-corrected chi connectivity index (χ4v) is 2.67. The topological polar surface area (TPSA) is 12.0 Å². The van der Waals surface area contributed by atoms with Gasteiger partial charge in [-0.05, 0) is 55.6 Å². The molecule has 2 aromatic rings. The van der Waals surface area contributed by atoms with Crippen molar-refractivity contribution in [3.05, 3.63) is 69.7 Å². The molecule has 0 fully saturated rings. The number of aryl methyl sites for hydroxylation is 2. The predicted octanol–water partition coefficient (Wildman–Crippen LogP) is 4.85. The molecule has 106 valence electrons. The minimum Gasteiger partial charge on any atom is -0.310 e. The Morgan fingerprint density at radius 1 is 1.05 bits per heavy atom. The average molecular weight is 288 g/mol. The second-order valence-corrected chi connectivity index (χ2v) is 5.74. The average Bonchev–Trinajstić information content (AvgIpc) is 2.43. The van der Waals surface area contributed by atoms with E-state index in [2.05, 4.69) is 62.5 Å². The first kappa shape index (κ1) is 15.1. The number of likely N-dealkylation sites (N-methyl/N-ethyl adjacent to an activating group) is 1. The van der Waals surface area contributed by atoms with E-state index in [1.165, 1.54) is 22.3 Å². The van der Waals surface area contributed by atoms with Crippen LogP contribution in [0.5, 0.6) is 0 Å². The highest BCUT2D eigenvalue weighted by Crippen LogP contribution is 2.25. The zero-order valence-corrected chi connectivity index (χ0v) is 13.2. The molecule has 2 aromatic carbocycles. The first-order valence-corrected chi connectivity index (χ1v) is 7.53. The molecule has 0 aliphatic carbocycles. The van der Waals surface area contributed by atoms with Crippen molar-refractivity contribution in [3.8, 4) is 0 Å². The number of rotatable bonds is 5. The predicted molar refractivity (Wildman–Crippen MR) is 87.5 cm³/mol. The van der Waals surface area contributed by atoms with Gasteiger partial charge in [0.25, 0.3) is 0 Å². The lowest BCUT2D eigenvalue weighted by Gasteiger charge is -2.21. The summed E-state index contributed by atoms with van der Waals surface area (Å²) in [6.07, 6.45) is 0.981. The van der Waals surface area contributed by atoms with Crippen LogP contribution in [0.4, 0.5) is 0 Å². The van der Waals surface area contributed by atoms with Crippen LogP contribution in [0.15, 0.2) is 42.5 Å². The molecule has 20 heavy (non-hydrogen) atoms. The quantitative estimate of drug-likeness (QED) is 0.829. The van der Waals surface area contributed by atoms with E-state index in [1.807, 2.05) is 6.07 Å². The van der Waals surface area contributed by atoms with Crippen LogP contribution in [0.2, 0.25) is 5.02 Å². The van der Waals surface area contributed by atoms with Crippen molar-refractivity contribution in [3.63, 3.8) is 0 Å². The van der Waals surface area contributed by atoms with Crippen molar-refractivity contribution in [2.45, 2.75) is 33.2 Å². The van der Waals surface area contributed by atoms with Gasteiger partial charge in [-0.1, -0.05) is 54.4 Å². The van der Waals surface area contributed by atoms with E-state index in [1.54, 1.807) is 0 Å². The van der Waals surface area contributed by atoms with Crippen molar-refractivity contribution in [2.24, 2.45) is 0 Å². The monoisotopic (exact) mass is 287 g/mol. The van der Waals surface area contributed by atoms with Gasteiger partial charge in [0.15, 0.2) is 0 Å². The van der Waals surface area contributed by atoms with Gasteiger partial charge in [-0.3, -0.25) is 0 Å². The molecule has 0 aliphatic rings. The Bertz CT molecular complexity index is 560. The lowest BCUT2D eigenvalue weighted by atomic mass is 9.95. The largest absolute Gasteiger partial charge is 0.310 e. The zero-order valence-electron chi connectivity index (χ0n) is 12.4. The summed E-state index contributed by atoms with van der Waals surface area (Å²) in [5.41, 5.74) is 5.22. The number of hydrogen-bond donors (Lipinski definition) is 1. The number of benzene rings is 2. The van der Waals surface area contributed by atoms with E-state index in [0.29, 0.717) is 6.04 Å². The summed E-state index contributed by atoms with van der Waals surface area (Å²) >= 11 is 6.16. The highest BCUT2D eigenvalue weighted by molar-refractivity contribution is 6.30. The van der Waals surface area contributed by atoms with Gasteiger partial charge in [0, 0.05) is 11.1 Å². The summed E-state index contributed by atoms with van der Waals surface area (Å²) in [5, 5.41) is 4.37. The second kappa shape index (κ2) is 6.92. The summed E-state index contributed by atoms with van der Waals surface area (Å²) in [5.74, 6) is 0.